The molecule has 0 aliphatic carbocycles. The lowest BCUT2D eigenvalue weighted by Gasteiger charge is -2.09. The van der Waals surface area contributed by atoms with E-state index in [2.05, 4.69) is 10.5 Å². The summed E-state index contributed by atoms with van der Waals surface area (Å²) < 4.78 is 20.8. The summed E-state index contributed by atoms with van der Waals surface area (Å²) in [6, 6.07) is 10.6. The summed E-state index contributed by atoms with van der Waals surface area (Å²) >= 11 is 0. The Morgan fingerprint density at radius 1 is 0.923 bits per heavy atom. The number of nitrogens with one attached hydrogen (secondary N) is 1. The van der Waals surface area contributed by atoms with Crippen molar-refractivity contribution in [3.05, 3.63) is 47.5 Å². The van der Waals surface area contributed by atoms with E-state index in [9.17, 15) is 4.79 Å². The second-order valence-corrected chi connectivity index (χ2v) is 5.27. The van der Waals surface area contributed by atoms with Gasteiger partial charge in [0.1, 0.15) is 11.5 Å². The third-order valence-electron chi connectivity index (χ3n) is 3.64. The molecule has 2 aromatic rings. The fourth-order valence-corrected chi connectivity index (χ4v) is 2.33. The Bertz CT molecular complexity index is 789. The van der Waals surface area contributed by atoms with Gasteiger partial charge in [0.25, 0.3) is 0 Å². The van der Waals surface area contributed by atoms with Crippen molar-refractivity contribution in [2.45, 2.75) is 6.42 Å². The zero-order valence-electron chi connectivity index (χ0n) is 15.2. The van der Waals surface area contributed by atoms with Crippen LogP contribution in [0.3, 0.4) is 0 Å². The third-order valence-corrected chi connectivity index (χ3v) is 3.64. The molecule has 0 aliphatic rings. The summed E-state index contributed by atoms with van der Waals surface area (Å²) in [4.78, 5) is 12.1. The fraction of sp³-hybridized carbons (Fsp3) is 0.263. The van der Waals surface area contributed by atoms with Gasteiger partial charge in [-0.3, -0.25) is 4.79 Å². The Labute approximate surface area is 152 Å². The number of rotatable bonds is 8. The first-order valence-electron chi connectivity index (χ1n) is 7.86. The summed E-state index contributed by atoms with van der Waals surface area (Å²) in [5, 5.41) is 3.98. The zero-order valence-corrected chi connectivity index (χ0v) is 15.2. The van der Waals surface area contributed by atoms with E-state index in [1.807, 2.05) is 0 Å². The molecule has 0 unspecified atom stereocenters. The minimum absolute atomic E-state index is 0.160. The highest BCUT2D eigenvalue weighted by Crippen LogP contribution is 2.27. The van der Waals surface area contributed by atoms with Crippen LogP contribution < -0.4 is 24.4 Å². The maximum Gasteiger partial charge on any atom is 0.244 e. The highest BCUT2D eigenvalue weighted by molar-refractivity contribution is 5.86. The third kappa shape index (κ3) is 4.89. The average Bonchev–Trinajstić information content (AvgIpc) is 2.67. The molecule has 7 nitrogen and oxygen atoms in total. The van der Waals surface area contributed by atoms with Crippen molar-refractivity contribution in [3.8, 4) is 23.0 Å². The number of methoxy groups -OCH3 is 4. The molecule has 0 spiro atoms. The van der Waals surface area contributed by atoms with Crippen LogP contribution in [0, 0.1) is 0 Å². The van der Waals surface area contributed by atoms with Crippen LogP contribution in [0.15, 0.2) is 41.5 Å². The minimum Gasteiger partial charge on any atom is -0.497 e. The Balaban J connectivity index is 2.02. The maximum absolute atomic E-state index is 12.1. The van der Waals surface area contributed by atoms with E-state index < -0.39 is 0 Å². The zero-order chi connectivity index (χ0) is 18.9. The normalized spacial score (nSPS) is 10.5. The van der Waals surface area contributed by atoms with Gasteiger partial charge in [-0.1, -0.05) is 6.07 Å². The van der Waals surface area contributed by atoms with Crippen molar-refractivity contribution < 1.29 is 23.7 Å². The molecule has 0 aromatic heterocycles. The van der Waals surface area contributed by atoms with Gasteiger partial charge in [0, 0.05) is 5.56 Å². The molecule has 2 rings (SSSR count). The van der Waals surface area contributed by atoms with Crippen molar-refractivity contribution in [2.24, 2.45) is 5.10 Å². The van der Waals surface area contributed by atoms with Crippen LogP contribution in [-0.2, 0) is 11.2 Å². The van der Waals surface area contributed by atoms with Gasteiger partial charge in [-0.2, -0.15) is 5.10 Å². The first-order valence-corrected chi connectivity index (χ1v) is 7.86. The smallest absolute Gasteiger partial charge is 0.244 e. The molecule has 0 saturated carbocycles. The number of nitrogens with zero attached hydrogens (tertiary/aromatic N) is 1. The number of carbonyl (C=O) groups is 1. The van der Waals surface area contributed by atoms with Gasteiger partial charge in [-0.05, 0) is 35.9 Å². The fourth-order valence-electron chi connectivity index (χ4n) is 2.33. The van der Waals surface area contributed by atoms with Crippen molar-refractivity contribution in [1.29, 1.82) is 0 Å². The van der Waals surface area contributed by atoms with Gasteiger partial charge in [-0.15, -0.1) is 0 Å². The van der Waals surface area contributed by atoms with E-state index in [-0.39, 0.29) is 12.3 Å². The summed E-state index contributed by atoms with van der Waals surface area (Å²) in [6.45, 7) is 0. The molecule has 0 fully saturated rings. The van der Waals surface area contributed by atoms with Crippen LogP contribution in [0.5, 0.6) is 23.0 Å². The van der Waals surface area contributed by atoms with Crippen molar-refractivity contribution in [1.82, 2.24) is 5.43 Å². The molecule has 1 N–H and O–H groups in total. The largest absolute Gasteiger partial charge is 0.497 e. The van der Waals surface area contributed by atoms with Crippen molar-refractivity contribution >= 4 is 12.1 Å². The van der Waals surface area contributed by atoms with E-state index in [4.69, 9.17) is 18.9 Å². The Kier molecular flexibility index (Phi) is 6.84. The van der Waals surface area contributed by atoms with Crippen LogP contribution >= 0.6 is 0 Å². The molecular formula is C19H22N2O5. The molecule has 7 heteroatoms. The summed E-state index contributed by atoms with van der Waals surface area (Å²) in [5.74, 6) is 2.23. The van der Waals surface area contributed by atoms with Gasteiger partial charge >= 0.3 is 0 Å². The van der Waals surface area contributed by atoms with Crippen LogP contribution in [0.25, 0.3) is 0 Å². The number of hydrogen-bond donors (Lipinski definition) is 1. The van der Waals surface area contributed by atoms with Crippen molar-refractivity contribution in [3.63, 3.8) is 0 Å². The topological polar surface area (TPSA) is 78.4 Å². The maximum atomic E-state index is 12.1. The molecule has 0 aliphatic heterocycles. The van der Waals surface area contributed by atoms with Gasteiger partial charge < -0.3 is 18.9 Å². The number of benzene rings is 2. The number of hydrazone groups is 1. The molecule has 26 heavy (non-hydrogen) atoms. The lowest BCUT2D eigenvalue weighted by molar-refractivity contribution is -0.120. The Hall–Kier alpha value is -3.22. The van der Waals surface area contributed by atoms with Gasteiger partial charge in [0.2, 0.25) is 5.91 Å². The van der Waals surface area contributed by atoms with E-state index in [1.54, 1.807) is 64.8 Å². The summed E-state index contributed by atoms with van der Waals surface area (Å²) in [5.41, 5.74) is 3.98. The number of carbonyl (C=O) groups excluding carboxylic acids is 1. The molecule has 0 atom stereocenters. The van der Waals surface area contributed by atoms with E-state index in [0.29, 0.717) is 28.6 Å². The lowest BCUT2D eigenvalue weighted by atomic mass is 10.1. The summed E-state index contributed by atoms with van der Waals surface area (Å²) in [6.07, 6.45) is 1.67. The molecule has 0 saturated heterocycles. The van der Waals surface area contributed by atoms with Gasteiger partial charge in [0.05, 0.1) is 41.1 Å². The van der Waals surface area contributed by atoms with Crippen LogP contribution in [0.4, 0.5) is 0 Å². The minimum atomic E-state index is -0.254. The van der Waals surface area contributed by atoms with E-state index >= 15 is 0 Å². The number of amides is 1. The predicted molar refractivity (Wildman–Crippen MR) is 98.5 cm³/mol. The van der Waals surface area contributed by atoms with Crippen LogP contribution in [0.2, 0.25) is 0 Å². The van der Waals surface area contributed by atoms with Crippen molar-refractivity contribution in [2.75, 3.05) is 28.4 Å². The highest BCUT2D eigenvalue weighted by Gasteiger charge is 2.08. The second kappa shape index (κ2) is 9.31. The molecular weight excluding hydrogens is 336 g/mol. The summed E-state index contributed by atoms with van der Waals surface area (Å²) in [7, 11) is 6.25. The highest BCUT2D eigenvalue weighted by atomic mass is 16.5. The van der Waals surface area contributed by atoms with E-state index in [1.165, 1.54) is 6.21 Å². The first-order chi connectivity index (χ1) is 12.6. The van der Waals surface area contributed by atoms with Crippen LogP contribution in [-0.4, -0.2) is 40.6 Å². The number of hydrogen-bond acceptors (Lipinski definition) is 6. The lowest BCUT2D eigenvalue weighted by Crippen LogP contribution is -2.19. The van der Waals surface area contributed by atoms with Gasteiger partial charge in [-0.25, -0.2) is 5.43 Å². The van der Waals surface area contributed by atoms with Gasteiger partial charge in [0.15, 0.2) is 11.5 Å². The molecule has 2 aromatic carbocycles. The molecule has 0 heterocycles. The molecule has 0 bridgehead atoms. The Morgan fingerprint density at radius 2 is 1.62 bits per heavy atom. The standard InChI is InChI=1S/C19H22N2O5/c1-23-15-6-8-16(24-2)14(11-15)12-20-21-19(22)10-13-5-7-17(25-3)18(9-13)26-4/h5-9,11-12H,10H2,1-4H3,(H,21,22)/b20-12-. The van der Waals surface area contributed by atoms with Crippen LogP contribution in [0.1, 0.15) is 11.1 Å². The quantitative estimate of drug-likeness (QED) is 0.579. The monoisotopic (exact) mass is 358 g/mol. The number of ether oxygens (including phenoxy) is 4. The first kappa shape index (κ1) is 19.1. The SMILES string of the molecule is COc1ccc(OC)c(/C=N\NC(=O)Cc2ccc(OC)c(OC)c2)c1. The second-order valence-electron chi connectivity index (χ2n) is 5.27. The van der Waals surface area contributed by atoms with E-state index in [0.717, 1.165) is 5.56 Å². The Morgan fingerprint density at radius 3 is 2.27 bits per heavy atom. The predicted octanol–water partition coefficient (Wildman–Crippen LogP) is 2.41. The average molecular weight is 358 g/mol. The molecule has 138 valence electrons. The molecule has 0 radical (unpaired) electrons. The molecule has 1 amide bonds.